The fourth-order valence-electron chi connectivity index (χ4n) is 0.859. The van der Waals surface area contributed by atoms with E-state index >= 15 is 0 Å². The maximum absolute atomic E-state index is 5.81. The van der Waals surface area contributed by atoms with Gasteiger partial charge in [0.25, 0.3) is 0 Å². The zero-order valence-electron chi connectivity index (χ0n) is 6.35. The van der Waals surface area contributed by atoms with Crippen LogP contribution in [0, 0.1) is 6.92 Å². The molecule has 4 heteroatoms. The van der Waals surface area contributed by atoms with Crippen molar-refractivity contribution in [3.8, 4) is 0 Å². The largest absolute Gasteiger partial charge is 0.268 e. The number of rotatable bonds is 3. The van der Waals surface area contributed by atoms with Gasteiger partial charge in [-0.05, 0) is 13.3 Å². The molecule has 2 nitrogen and oxygen atoms in total. The Hall–Kier alpha value is -0.0200. The van der Waals surface area contributed by atoms with Gasteiger partial charge in [0.2, 0.25) is 0 Å². The smallest absolute Gasteiger partial charge is 0.0814 e. The maximum atomic E-state index is 5.81. The molecule has 0 aromatic carbocycles. The van der Waals surface area contributed by atoms with Gasteiger partial charge < -0.3 is 0 Å². The van der Waals surface area contributed by atoms with Gasteiger partial charge >= 0.3 is 0 Å². The van der Waals surface area contributed by atoms with Gasteiger partial charge in [-0.3, -0.25) is 4.68 Å². The minimum atomic E-state index is 0.750. The Morgan fingerprint density at radius 1 is 1.73 bits per heavy atom. The van der Waals surface area contributed by atoms with Crippen LogP contribution < -0.4 is 0 Å². The van der Waals surface area contributed by atoms with Crippen LogP contribution in [0.1, 0.15) is 12.1 Å². The molecule has 0 saturated heterocycles. The Labute approximate surface area is 79.7 Å². The molecular formula is C7H10BrClN2. The third-order valence-electron chi connectivity index (χ3n) is 1.55. The van der Waals surface area contributed by atoms with Crippen molar-refractivity contribution in [3.63, 3.8) is 0 Å². The standard InChI is InChI=1S/C7H10BrClN2/c1-6-7(9)5-10-11(6)4-2-3-8/h5H,2-4H2,1H3. The van der Waals surface area contributed by atoms with Crippen LogP contribution in [0.4, 0.5) is 0 Å². The molecule has 1 aromatic heterocycles. The minimum Gasteiger partial charge on any atom is -0.268 e. The van der Waals surface area contributed by atoms with Crippen molar-refractivity contribution in [2.45, 2.75) is 19.9 Å². The summed E-state index contributed by atoms with van der Waals surface area (Å²) >= 11 is 9.18. The molecule has 0 fully saturated rings. The quantitative estimate of drug-likeness (QED) is 0.739. The van der Waals surface area contributed by atoms with Crippen molar-refractivity contribution in [2.24, 2.45) is 0 Å². The minimum absolute atomic E-state index is 0.750. The maximum Gasteiger partial charge on any atom is 0.0814 e. The second-order valence-corrected chi connectivity index (χ2v) is 3.54. The van der Waals surface area contributed by atoms with Crippen LogP contribution in [0.2, 0.25) is 5.02 Å². The monoisotopic (exact) mass is 236 g/mol. The first kappa shape index (κ1) is 9.07. The number of hydrogen-bond acceptors (Lipinski definition) is 1. The van der Waals surface area contributed by atoms with Gasteiger partial charge in [-0.1, -0.05) is 27.5 Å². The second kappa shape index (κ2) is 4.12. The highest BCUT2D eigenvalue weighted by atomic mass is 79.9. The average molecular weight is 238 g/mol. The number of aromatic nitrogens is 2. The van der Waals surface area contributed by atoms with Crippen molar-refractivity contribution >= 4 is 27.5 Å². The highest BCUT2D eigenvalue weighted by Crippen LogP contribution is 2.13. The van der Waals surface area contributed by atoms with Crippen molar-refractivity contribution in [1.29, 1.82) is 0 Å². The highest BCUT2D eigenvalue weighted by Gasteiger charge is 2.01. The van der Waals surface area contributed by atoms with Crippen LogP contribution in [-0.4, -0.2) is 15.1 Å². The molecule has 0 aliphatic rings. The fraction of sp³-hybridized carbons (Fsp3) is 0.571. The van der Waals surface area contributed by atoms with E-state index in [0.717, 1.165) is 29.0 Å². The van der Waals surface area contributed by atoms with Gasteiger partial charge in [-0.25, -0.2) is 0 Å². The summed E-state index contributed by atoms with van der Waals surface area (Å²) in [6, 6.07) is 0. The van der Waals surface area contributed by atoms with Crippen LogP contribution in [0.3, 0.4) is 0 Å². The summed E-state index contributed by atoms with van der Waals surface area (Å²) in [6.45, 7) is 2.91. The van der Waals surface area contributed by atoms with Crippen LogP contribution in [0.15, 0.2) is 6.20 Å². The summed E-state index contributed by atoms with van der Waals surface area (Å²) in [5.41, 5.74) is 1.05. The van der Waals surface area contributed by atoms with Crippen molar-refractivity contribution in [2.75, 3.05) is 5.33 Å². The Bertz CT molecular complexity index is 234. The molecule has 0 unspecified atom stereocenters. The molecule has 0 aliphatic carbocycles. The summed E-state index contributed by atoms with van der Waals surface area (Å²) < 4.78 is 1.92. The summed E-state index contributed by atoms with van der Waals surface area (Å²) in [5, 5.41) is 5.87. The van der Waals surface area contributed by atoms with E-state index in [0.29, 0.717) is 0 Å². The van der Waals surface area contributed by atoms with E-state index in [9.17, 15) is 0 Å². The Morgan fingerprint density at radius 3 is 2.91 bits per heavy atom. The zero-order valence-corrected chi connectivity index (χ0v) is 8.69. The molecule has 0 aliphatic heterocycles. The van der Waals surface area contributed by atoms with Crippen LogP contribution in [0.25, 0.3) is 0 Å². The molecule has 0 bridgehead atoms. The molecule has 0 saturated carbocycles. The molecule has 1 heterocycles. The SMILES string of the molecule is Cc1c(Cl)cnn1CCCBr. The summed E-state index contributed by atoms with van der Waals surface area (Å²) in [7, 11) is 0. The number of alkyl halides is 1. The summed E-state index contributed by atoms with van der Waals surface area (Å²) in [4.78, 5) is 0. The molecule has 1 aromatic rings. The van der Waals surface area contributed by atoms with Gasteiger partial charge in [-0.15, -0.1) is 0 Å². The molecule has 0 N–H and O–H groups in total. The first-order valence-electron chi connectivity index (χ1n) is 3.49. The van der Waals surface area contributed by atoms with E-state index < -0.39 is 0 Å². The van der Waals surface area contributed by atoms with E-state index in [4.69, 9.17) is 11.6 Å². The fourth-order valence-corrected chi connectivity index (χ4v) is 1.25. The third kappa shape index (κ3) is 2.20. The Balaban J connectivity index is 2.63. The molecule has 0 spiro atoms. The molecular weight excluding hydrogens is 227 g/mol. The predicted molar refractivity (Wildman–Crippen MR) is 50.4 cm³/mol. The lowest BCUT2D eigenvalue weighted by atomic mass is 10.4. The van der Waals surface area contributed by atoms with E-state index in [-0.39, 0.29) is 0 Å². The Kier molecular flexibility index (Phi) is 3.40. The Morgan fingerprint density at radius 2 is 2.45 bits per heavy atom. The topological polar surface area (TPSA) is 17.8 Å². The van der Waals surface area contributed by atoms with E-state index in [1.54, 1.807) is 6.20 Å². The van der Waals surface area contributed by atoms with E-state index in [2.05, 4.69) is 21.0 Å². The molecule has 0 atom stereocenters. The zero-order chi connectivity index (χ0) is 8.27. The van der Waals surface area contributed by atoms with Gasteiger partial charge in [0, 0.05) is 11.9 Å². The van der Waals surface area contributed by atoms with Gasteiger partial charge in [0.15, 0.2) is 0 Å². The van der Waals surface area contributed by atoms with Crippen molar-refractivity contribution in [1.82, 2.24) is 9.78 Å². The highest BCUT2D eigenvalue weighted by molar-refractivity contribution is 9.09. The normalized spacial score (nSPS) is 10.5. The lowest BCUT2D eigenvalue weighted by Gasteiger charge is -2.00. The molecule has 0 radical (unpaired) electrons. The van der Waals surface area contributed by atoms with Gasteiger partial charge in [0.05, 0.1) is 16.9 Å². The van der Waals surface area contributed by atoms with Gasteiger partial charge in [-0.2, -0.15) is 5.10 Å². The molecule has 11 heavy (non-hydrogen) atoms. The van der Waals surface area contributed by atoms with Crippen LogP contribution in [-0.2, 0) is 6.54 Å². The number of halogens is 2. The van der Waals surface area contributed by atoms with Crippen LogP contribution >= 0.6 is 27.5 Å². The number of aryl methyl sites for hydroxylation is 1. The van der Waals surface area contributed by atoms with E-state index in [1.165, 1.54) is 0 Å². The van der Waals surface area contributed by atoms with E-state index in [1.807, 2.05) is 11.6 Å². The van der Waals surface area contributed by atoms with Crippen molar-refractivity contribution in [3.05, 3.63) is 16.9 Å². The lowest BCUT2D eigenvalue weighted by molar-refractivity contribution is 0.591. The lowest BCUT2D eigenvalue weighted by Crippen LogP contribution is -2.02. The molecule has 0 amide bonds. The first-order chi connectivity index (χ1) is 5.25. The first-order valence-corrected chi connectivity index (χ1v) is 4.99. The number of nitrogens with zero attached hydrogens (tertiary/aromatic N) is 2. The third-order valence-corrected chi connectivity index (χ3v) is 2.48. The predicted octanol–water partition coefficient (Wildman–Crippen LogP) is 2.63. The van der Waals surface area contributed by atoms with Crippen LogP contribution in [0.5, 0.6) is 0 Å². The molecule has 62 valence electrons. The number of hydrogen-bond donors (Lipinski definition) is 0. The second-order valence-electron chi connectivity index (χ2n) is 2.34. The summed E-state index contributed by atoms with van der Waals surface area (Å²) in [6.07, 6.45) is 2.77. The average Bonchev–Trinajstić information content (AvgIpc) is 2.31. The molecule has 1 rings (SSSR count). The summed E-state index contributed by atoms with van der Waals surface area (Å²) in [5.74, 6) is 0. The van der Waals surface area contributed by atoms with Crippen molar-refractivity contribution < 1.29 is 0 Å². The van der Waals surface area contributed by atoms with Gasteiger partial charge in [0.1, 0.15) is 0 Å².